The Morgan fingerprint density at radius 1 is 1.30 bits per heavy atom. The average Bonchev–Trinajstić information content (AvgIpc) is 2.54. The molecule has 2 rings (SSSR count). The summed E-state index contributed by atoms with van der Waals surface area (Å²) in [5.41, 5.74) is 2.88. The highest BCUT2D eigenvalue weighted by atomic mass is 16.4. The van der Waals surface area contributed by atoms with E-state index in [0.717, 1.165) is 37.7 Å². The lowest BCUT2D eigenvalue weighted by Gasteiger charge is -2.32. The Hall–Kier alpha value is -2.23. The van der Waals surface area contributed by atoms with Crippen molar-refractivity contribution in [3.63, 3.8) is 0 Å². The Balaban J connectivity index is 0.00000364. The van der Waals surface area contributed by atoms with Gasteiger partial charge in [0.15, 0.2) is 0 Å². The lowest BCUT2D eigenvalue weighted by atomic mass is 9.73. The second-order valence-corrected chi connectivity index (χ2v) is 7.48. The van der Waals surface area contributed by atoms with Gasteiger partial charge < -0.3 is 15.3 Å². The zero-order valence-corrected chi connectivity index (χ0v) is 16.0. The smallest absolute Gasteiger partial charge is 0.339 e. The van der Waals surface area contributed by atoms with Gasteiger partial charge in [0.05, 0.1) is 0 Å². The third-order valence-electron chi connectivity index (χ3n) is 5.38. The minimum atomic E-state index is -1.15. The molecule has 1 aromatic rings. The molecule has 0 fully saturated rings. The molecule has 0 heterocycles. The Morgan fingerprint density at radius 3 is 2.52 bits per heavy atom. The van der Waals surface area contributed by atoms with Crippen molar-refractivity contribution in [2.75, 3.05) is 0 Å². The Kier molecular flexibility index (Phi) is 8.14. The van der Waals surface area contributed by atoms with E-state index in [4.69, 9.17) is 0 Å². The number of unbranched alkanes of at least 4 members (excludes halogenated alkanes) is 2. The number of carboxylic acids is 1. The maximum atomic E-state index is 11.8. The summed E-state index contributed by atoms with van der Waals surface area (Å²) in [6, 6.07) is 1.53. The molecule has 0 aliphatic heterocycles. The fourth-order valence-electron chi connectivity index (χ4n) is 3.96. The van der Waals surface area contributed by atoms with Crippen LogP contribution in [0, 0.1) is 5.92 Å². The van der Waals surface area contributed by atoms with Crippen LogP contribution in [0.25, 0.3) is 0 Å². The highest BCUT2D eigenvalue weighted by Crippen LogP contribution is 2.48. The van der Waals surface area contributed by atoms with E-state index in [2.05, 4.69) is 13.5 Å². The van der Waals surface area contributed by atoms with Crippen LogP contribution < -0.4 is 0 Å². The van der Waals surface area contributed by atoms with Crippen LogP contribution in [-0.4, -0.2) is 21.3 Å². The molecular formula is C23H34O4. The van der Waals surface area contributed by atoms with E-state index in [9.17, 15) is 20.1 Å². The van der Waals surface area contributed by atoms with Gasteiger partial charge in [-0.25, -0.2) is 4.79 Å². The molecule has 0 aromatic heterocycles. The minimum Gasteiger partial charge on any atom is -0.507 e. The molecule has 0 saturated carbocycles. The van der Waals surface area contributed by atoms with Crippen LogP contribution >= 0.6 is 0 Å². The summed E-state index contributed by atoms with van der Waals surface area (Å²) < 4.78 is 0. The normalized spacial score (nSPS) is 19.1. The van der Waals surface area contributed by atoms with Gasteiger partial charge in [-0.1, -0.05) is 51.0 Å². The molecular weight excluding hydrogens is 340 g/mol. The van der Waals surface area contributed by atoms with Gasteiger partial charge in [-0.2, -0.15) is 0 Å². The Labute approximate surface area is 163 Å². The first kappa shape index (κ1) is 22.8. The summed E-state index contributed by atoms with van der Waals surface area (Å²) in [5.74, 6) is -1.67. The van der Waals surface area contributed by atoms with Crippen molar-refractivity contribution in [3.05, 3.63) is 46.6 Å². The Bertz CT molecular complexity index is 730. The summed E-state index contributed by atoms with van der Waals surface area (Å²) in [7, 11) is 0. The fourth-order valence-corrected chi connectivity index (χ4v) is 3.96. The molecule has 1 aromatic carbocycles. The van der Waals surface area contributed by atoms with Crippen LogP contribution in [0.1, 0.15) is 87.7 Å². The van der Waals surface area contributed by atoms with Crippen molar-refractivity contribution >= 4 is 5.97 Å². The van der Waals surface area contributed by atoms with Gasteiger partial charge in [0, 0.05) is 11.5 Å². The topological polar surface area (TPSA) is 77.8 Å². The van der Waals surface area contributed by atoms with Gasteiger partial charge in [-0.05, 0) is 57.1 Å². The number of hydrogen-bond donors (Lipinski definition) is 3. The first-order valence-corrected chi connectivity index (χ1v) is 9.41. The van der Waals surface area contributed by atoms with Crippen molar-refractivity contribution in [2.24, 2.45) is 5.92 Å². The quantitative estimate of drug-likeness (QED) is 0.393. The molecule has 150 valence electrons. The molecule has 4 heteroatoms. The van der Waals surface area contributed by atoms with Crippen LogP contribution in [-0.2, 0) is 6.42 Å². The minimum absolute atomic E-state index is 0. The predicted molar refractivity (Wildman–Crippen MR) is 111 cm³/mol. The number of phenols is 2. The van der Waals surface area contributed by atoms with Gasteiger partial charge >= 0.3 is 5.97 Å². The van der Waals surface area contributed by atoms with Crippen LogP contribution in [0.5, 0.6) is 11.5 Å². The molecule has 27 heavy (non-hydrogen) atoms. The monoisotopic (exact) mass is 374 g/mol. The van der Waals surface area contributed by atoms with E-state index in [1.165, 1.54) is 11.6 Å². The summed E-state index contributed by atoms with van der Waals surface area (Å²) in [6.07, 6.45) is 7.19. The lowest BCUT2D eigenvalue weighted by molar-refractivity contribution is 0.0692. The van der Waals surface area contributed by atoms with E-state index in [1.807, 2.05) is 19.9 Å². The maximum Gasteiger partial charge on any atom is 0.339 e. The van der Waals surface area contributed by atoms with Crippen LogP contribution in [0.4, 0.5) is 0 Å². The SMILES string of the molecule is C.C=C(C)[C@@H]1CCC(C)=C[C@H]1c1c(O)cc(CCCCC)c(C(=O)O)c1O. The lowest BCUT2D eigenvalue weighted by Crippen LogP contribution is -2.18. The predicted octanol–water partition coefficient (Wildman–Crippen LogP) is 6.18. The first-order valence-electron chi connectivity index (χ1n) is 9.41. The number of hydrogen-bond acceptors (Lipinski definition) is 3. The van der Waals surface area contributed by atoms with Crippen molar-refractivity contribution in [1.29, 1.82) is 0 Å². The first-order chi connectivity index (χ1) is 12.3. The molecule has 0 bridgehead atoms. The van der Waals surface area contributed by atoms with Crippen LogP contribution in [0.3, 0.4) is 0 Å². The molecule has 0 radical (unpaired) electrons. The molecule has 0 saturated heterocycles. The average molecular weight is 375 g/mol. The molecule has 3 N–H and O–H groups in total. The summed E-state index contributed by atoms with van der Waals surface area (Å²) in [5, 5.41) is 31.1. The molecule has 1 aliphatic rings. The second-order valence-electron chi connectivity index (χ2n) is 7.48. The number of carboxylic acid groups (broad SMARTS) is 1. The highest BCUT2D eigenvalue weighted by Gasteiger charge is 2.32. The fraction of sp³-hybridized carbons (Fsp3) is 0.522. The Morgan fingerprint density at radius 2 is 1.96 bits per heavy atom. The molecule has 1 aliphatic carbocycles. The van der Waals surface area contributed by atoms with Gasteiger partial charge in [-0.15, -0.1) is 0 Å². The number of aromatic hydroxyl groups is 2. The summed E-state index contributed by atoms with van der Waals surface area (Å²) in [6.45, 7) is 10.1. The number of rotatable bonds is 7. The van der Waals surface area contributed by atoms with Gasteiger partial charge in [-0.3, -0.25) is 0 Å². The standard InChI is InChI=1S/C22H30O4.CH4/c1-5-6-7-8-15-12-18(23)20(21(24)19(15)22(25)26)17-11-14(4)9-10-16(17)13(2)3;/h11-12,16-17,23-24H,2,5-10H2,1,3-4H3,(H,25,26);1H4/t16-,17+;/m0./s1. The number of allylic oxidation sites excluding steroid dienone is 3. The third-order valence-corrected chi connectivity index (χ3v) is 5.38. The zero-order chi connectivity index (χ0) is 19.4. The molecule has 0 unspecified atom stereocenters. The molecule has 2 atom stereocenters. The highest BCUT2D eigenvalue weighted by molar-refractivity contribution is 5.94. The zero-order valence-electron chi connectivity index (χ0n) is 16.0. The number of aromatic carboxylic acids is 1. The molecule has 4 nitrogen and oxygen atoms in total. The van der Waals surface area contributed by atoms with Crippen molar-refractivity contribution in [3.8, 4) is 11.5 Å². The number of aryl methyl sites for hydroxylation is 1. The van der Waals surface area contributed by atoms with Crippen LogP contribution in [0.2, 0.25) is 0 Å². The number of phenolic OH excluding ortho intramolecular Hbond substituents is 1. The second kappa shape index (κ2) is 9.63. The number of carbonyl (C=O) groups is 1. The molecule has 0 amide bonds. The van der Waals surface area contributed by atoms with Gasteiger partial charge in [0.2, 0.25) is 0 Å². The maximum absolute atomic E-state index is 11.8. The van der Waals surface area contributed by atoms with Gasteiger partial charge in [0.25, 0.3) is 0 Å². The largest absolute Gasteiger partial charge is 0.507 e. The van der Waals surface area contributed by atoms with E-state index < -0.39 is 5.97 Å². The van der Waals surface area contributed by atoms with Crippen molar-refractivity contribution < 1.29 is 20.1 Å². The number of benzene rings is 1. The third kappa shape index (κ3) is 4.94. The van der Waals surface area contributed by atoms with Crippen molar-refractivity contribution in [2.45, 2.75) is 72.6 Å². The van der Waals surface area contributed by atoms with Gasteiger partial charge in [0.1, 0.15) is 17.1 Å². The van der Waals surface area contributed by atoms with Crippen LogP contribution in [0.15, 0.2) is 29.9 Å². The molecule has 0 spiro atoms. The van der Waals surface area contributed by atoms with E-state index in [1.54, 1.807) is 0 Å². The van der Waals surface area contributed by atoms with E-state index in [0.29, 0.717) is 17.5 Å². The van der Waals surface area contributed by atoms with Crippen molar-refractivity contribution in [1.82, 2.24) is 0 Å². The summed E-state index contributed by atoms with van der Waals surface area (Å²) in [4.78, 5) is 11.8. The van der Waals surface area contributed by atoms with E-state index in [-0.39, 0.29) is 36.3 Å². The summed E-state index contributed by atoms with van der Waals surface area (Å²) >= 11 is 0. The van der Waals surface area contributed by atoms with E-state index >= 15 is 0 Å².